The van der Waals surface area contributed by atoms with E-state index in [1.807, 2.05) is 0 Å². The van der Waals surface area contributed by atoms with Crippen LogP contribution >= 0.6 is 0 Å². The molecular formula is C4H8FIn. The average molecular weight is 190 g/mol. The minimum absolute atomic E-state index is 1.03. The molecule has 1 aliphatic heterocycles. The third-order valence-corrected chi connectivity index (χ3v) is 7.19. The molecule has 0 radical (unpaired) electrons. The van der Waals surface area contributed by atoms with Crippen molar-refractivity contribution in [2.45, 2.75) is 21.2 Å². The van der Waals surface area contributed by atoms with Crippen molar-refractivity contribution in [2.24, 2.45) is 0 Å². The van der Waals surface area contributed by atoms with Crippen molar-refractivity contribution in [1.29, 1.82) is 0 Å². The fourth-order valence-electron chi connectivity index (χ4n) is 0.876. The monoisotopic (exact) mass is 190 g/mol. The molecule has 0 atom stereocenters. The van der Waals surface area contributed by atoms with Gasteiger partial charge in [-0.1, -0.05) is 0 Å². The molecule has 0 aromatic carbocycles. The summed E-state index contributed by atoms with van der Waals surface area (Å²) in [5, 5.41) is 0. The summed E-state index contributed by atoms with van der Waals surface area (Å²) in [6.07, 6.45) is 2.41. The van der Waals surface area contributed by atoms with Crippen molar-refractivity contribution in [3.05, 3.63) is 0 Å². The summed E-state index contributed by atoms with van der Waals surface area (Å²) >= 11 is -2.11. The van der Waals surface area contributed by atoms with Gasteiger partial charge in [-0.15, -0.1) is 0 Å². The Kier molecular flexibility index (Phi) is 1.81. The Bertz CT molecular complexity index is 40.8. The van der Waals surface area contributed by atoms with Gasteiger partial charge in [-0.05, 0) is 0 Å². The van der Waals surface area contributed by atoms with Crippen LogP contribution in [0.25, 0.3) is 0 Å². The average Bonchev–Trinajstić information content (AvgIpc) is 1.86. The summed E-state index contributed by atoms with van der Waals surface area (Å²) in [5.74, 6) is 0. The predicted octanol–water partition coefficient (Wildman–Crippen LogP) is 1.74. The van der Waals surface area contributed by atoms with Crippen LogP contribution in [0.4, 0.5) is 2.66 Å². The van der Waals surface area contributed by atoms with Crippen LogP contribution in [0.5, 0.6) is 0 Å². The van der Waals surface area contributed by atoms with E-state index in [0.717, 1.165) is 8.35 Å². The van der Waals surface area contributed by atoms with E-state index in [4.69, 9.17) is 0 Å². The molecule has 1 rings (SSSR count). The van der Waals surface area contributed by atoms with Gasteiger partial charge < -0.3 is 0 Å². The first-order valence-electron chi connectivity index (χ1n) is 2.53. The molecule has 0 nitrogen and oxygen atoms in total. The van der Waals surface area contributed by atoms with Gasteiger partial charge in [0.15, 0.2) is 0 Å². The molecule has 0 aliphatic carbocycles. The quantitative estimate of drug-likeness (QED) is 0.545. The van der Waals surface area contributed by atoms with Crippen molar-refractivity contribution in [3.8, 4) is 0 Å². The molecule has 2 heteroatoms. The number of hydrogen-bond acceptors (Lipinski definition) is 0. The SMILES string of the molecule is [F][In]1[CH2]CC[CH2]1. The molecule has 0 saturated carbocycles. The fourth-order valence-corrected chi connectivity index (χ4v) is 5.88. The van der Waals surface area contributed by atoms with Crippen LogP contribution in [0.1, 0.15) is 12.8 Å². The first-order chi connectivity index (χ1) is 2.89. The van der Waals surface area contributed by atoms with Gasteiger partial charge in [0.1, 0.15) is 0 Å². The first-order valence-corrected chi connectivity index (χ1v) is 8.44. The number of halogens is 1. The molecule has 1 fully saturated rings. The van der Waals surface area contributed by atoms with Crippen LogP contribution in [0, 0.1) is 0 Å². The summed E-state index contributed by atoms with van der Waals surface area (Å²) < 4.78 is 14.2. The molecule has 6 heavy (non-hydrogen) atoms. The van der Waals surface area contributed by atoms with Crippen LogP contribution in [0.15, 0.2) is 0 Å². The molecule has 0 N–H and O–H groups in total. The maximum atomic E-state index is 12.1. The normalized spacial score (nSPS) is 22.5. The minimum atomic E-state index is -2.11. The van der Waals surface area contributed by atoms with Crippen molar-refractivity contribution in [1.82, 2.24) is 0 Å². The van der Waals surface area contributed by atoms with Crippen molar-refractivity contribution in [3.63, 3.8) is 0 Å². The predicted molar refractivity (Wildman–Crippen MR) is 25.7 cm³/mol. The van der Waals surface area contributed by atoms with Gasteiger partial charge in [-0.2, -0.15) is 0 Å². The second-order valence-corrected chi connectivity index (χ2v) is 8.59. The Labute approximate surface area is 46.1 Å². The van der Waals surface area contributed by atoms with Gasteiger partial charge in [-0.3, -0.25) is 0 Å². The molecule has 0 spiro atoms. The summed E-state index contributed by atoms with van der Waals surface area (Å²) in [5.41, 5.74) is 0. The van der Waals surface area contributed by atoms with Gasteiger partial charge >= 0.3 is 45.9 Å². The van der Waals surface area contributed by atoms with Crippen molar-refractivity contribution in [2.75, 3.05) is 0 Å². The summed E-state index contributed by atoms with van der Waals surface area (Å²) in [7, 11) is 0. The topological polar surface area (TPSA) is 0 Å². The molecule has 0 aromatic rings. The Morgan fingerprint density at radius 1 is 1.17 bits per heavy atom. The van der Waals surface area contributed by atoms with Crippen LogP contribution < -0.4 is 0 Å². The van der Waals surface area contributed by atoms with Gasteiger partial charge in [0.05, 0.1) is 0 Å². The standard InChI is InChI=1S/C4H8.FH.In/c1-3-4-2;;/h1-4H2;1H;/q;;+1/p-1. The molecular weight excluding hydrogens is 182 g/mol. The Hall–Kier alpha value is 0.800. The zero-order valence-corrected chi connectivity index (χ0v) is 7.08. The van der Waals surface area contributed by atoms with Crippen LogP contribution in [-0.4, -0.2) is 22.0 Å². The molecule has 0 unspecified atom stereocenters. The Balaban J connectivity index is 2.18. The summed E-state index contributed by atoms with van der Waals surface area (Å²) in [6.45, 7) is 0. The fraction of sp³-hybridized carbons (Fsp3) is 1.00. The Morgan fingerprint density at radius 2 is 1.67 bits per heavy atom. The van der Waals surface area contributed by atoms with Gasteiger partial charge in [-0.25, -0.2) is 0 Å². The molecule has 1 aliphatic rings. The molecule has 1 heterocycles. The first kappa shape index (κ1) is 4.95. The summed E-state index contributed by atoms with van der Waals surface area (Å²) in [6, 6.07) is 0. The Morgan fingerprint density at radius 3 is 1.83 bits per heavy atom. The number of hydrogen-bond donors (Lipinski definition) is 0. The third-order valence-electron chi connectivity index (χ3n) is 1.28. The molecule has 0 bridgehead atoms. The van der Waals surface area contributed by atoms with E-state index >= 15 is 0 Å². The molecule has 34 valence electrons. The van der Waals surface area contributed by atoms with E-state index in [9.17, 15) is 2.66 Å². The van der Waals surface area contributed by atoms with E-state index in [-0.39, 0.29) is 0 Å². The summed E-state index contributed by atoms with van der Waals surface area (Å²) in [4.78, 5) is 0. The molecule has 1 saturated heterocycles. The van der Waals surface area contributed by atoms with Gasteiger partial charge in [0.25, 0.3) is 0 Å². The van der Waals surface area contributed by atoms with E-state index in [1.54, 1.807) is 0 Å². The van der Waals surface area contributed by atoms with E-state index < -0.39 is 22.0 Å². The van der Waals surface area contributed by atoms with Crippen LogP contribution in [-0.2, 0) is 0 Å². The van der Waals surface area contributed by atoms with Crippen LogP contribution in [0.2, 0.25) is 8.35 Å². The molecule has 0 amide bonds. The second-order valence-electron chi connectivity index (χ2n) is 1.88. The van der Waals surface area contributed by atoms with E-state index in [2.05, 4.69) is 0 Å². The maximum absolute atomic E-state index is 12.1. The van der Waals surface area contributed by atoms with Crippen molar-refractivity contribution >= 4 is 22.0 Å². The van der Waals surface area contributed by atoms with E-state index in [0.29, 0.717) is 0 Å². The van der Waals surface area contributed by atoms with E-state index in [1.165, 1.54) is 12.8 Å². The number of rotatable bonds is 0. The van der Waals surface area contributed by atoms with Crippen LogP contribution in [0.3, 0.4) is 0 Å². The van der Waals surface area contributed by atoms with Gasteiger partial charge in [0.2, 0.25) is 0 Å². The third kappa shape index (κ3) is 1.14. The molecule has 0 aromatic heterocycles. The van der Waals surface area contributed by atoms with Gasteiger partial charge in [0, 0.05) is 0 Å². The van der Waals surface area contributed by atoms with Crippen molar-refractivity contribution < 1.29 is 2.66 Å². The zero-order valence-electron chi connectivity index (χ0n) is 3.78. The second kappa shape index (κ2) is 2.20. The zero-order chi connectivity index (χ0) is 4.41.